The van der Waals surface area contributed by atoms with Crippen molar-refractivity contribution in [2.75, 3.05) is 6.54 Å². The molecule has 0 spiro atoms. The largest absolute Gasteiger partial charge is 0.346 e. The number of carbonyl (C=O) groups is 1. The molecule has 1 saturated heterocycles. The molecule has 3 heterocycles. The number of likely N-dealkylation sites (tertiary alicyclic amines) is 1. The highest BCUT2D eigenvalue weighted by atomic mass is 16.2. The summed E-state index contributed by atoms with van der Waals surface area (Å²) in [4.78, 5) is 27.5. The summed E-state index contributed by atoms with van der Waals surface area (Å²) < 4.78 is 4.77. The minimum Gasteiger partial charge on any atom is -0.332 e. The van der Waals surface area contributed by atoms with Crippen molar-refractivity contribution < 1.29 is 4.79 Å². The SMILES string of the molecule is CCCCc1nn(CC(=O)N2CCCC[C@H]2c2ccn(C)n2)c(=O)n1CC. The highest BCUT2D eigenvalue weighted by Gasteiger charge is 2.30. The lowest BCUT2D eigenvalue weighted by molar-refractivity contribution is -0.136. The number of aromatic nitrogens is 5. The molecule has 0 bridgehead atoms. The van der Waals surface area contributed by atoms with E-state index < -0.39 is 0 Å². The van der Waals surface area contributed by atoms with Crippen molar-refractivity contribution in [1.29, 1.82) is 0 Å². The summed E-state index contributed by atoms with van der Waals surface area (Å²) in [6.45, 7) is 5.32. The number of rotatable bonds is 7. The van der Waals surface area contributed by atoms with E-state index in [0.717, 1.165) is 50.0 Å². The molecular formula is C19H30N6O2. The first-order valence-corrected chi connectivity index (χ1v) is 10.0. The van der Waals surface area contributed by atoms with Crippen LogP contribution in [0.15, 0.2) is 17.1 Å². The lowest BCUT2D eigenvalue weighted by Gasteiger charge is -2.34. The average molecular weight is 374 g/mol. The minimum absolute atomic E-state index is 0.00566. The van der Waals surface area contributed by atoms with Gasteiger partial charge in [-0.05, 0) is 38.7 Å². The van der Waals surface area contributed by atoms with Gasteiger partial charge in [-0.1, -0.05) is 13.3 Å². The molecule has 0 N–H and O–H groups in total. The van der Waals surface area contributed by atoms with Crippen LogP contribution < -0.4 is 5.69 Å². The molecule has 2 aromatic rings. The quantitative estimate of drug-likeness (QED) is 0.741. The van der Waals surface area contributed by atoms with E-state index in [1.165, 1.54) is 4.68 Å². The summed E-state index contributed by atoms with van der Waals surface area (Å²) in [5.41, 5.74) is 0.726. The topological polar surface area (TPSA) is 78.0 Å². The van der Waals surface area contributed by atoms with E-state index in [-0.39, 0.29) is 24.2 Å². The van der Waals surface area contributed by atoms with Gasteiger partial charge in [0.1, 0.15) is 12.4 Å². The van der Waals surface area contributed by atoms with Crippen LogP contribution in [0.1, 0.15) is 63.5 Å². The van der Waals surface area contributed by atoms with Gasteiger partial charge in [0, 0.05) is 32.8 Å². The molecule has 1 aliphatic heterocycles. The van der Waals surface area contributed by atoms with Gasteiger partial charge in [-0.3, -0.25) is 14.0 Å². The minimum atomic E-state index is -0.191. The van der Waals surface area contributed by atoms with Gasteiger partial charge in [0.2, 0.25) is 5.91 Å². The van der Waals surface area contributed by atoms with Crippen LogP contribution in [0.2, 0.25) is 0 Å². The molecule has 1 aliphatic rings. The van der Waals surface area contributed by atoms with E-state index in [1.807, 2.05) is 31.1 Å². The molecule has 8 heteroatoms. The molecule has 1 fully saturated rings. The Hall–Kier alpha value is -2.38. The summed E-state index contributed by atoms with van der Waals surface area (Å²) in [5, 5.41) is 8.95. The Morgan fingerprint density at radius 1 is 1.26 bits per heavy atom. The standard InChI is InChI=1S/C19H30N6O2/c1-4-6-10-17-21-25(19(27)23(17)5-2)14-18(26)24-12-8-7-9-16(24)15-11-13-22(3)20-15/h11,13,16H,4-10,12,14H2,1-3H3/t16-/m0/s1. The van der Waals surface area contributed by atoms with Gasteiger partial charge in [-0.15, -0.1) is 0 Å². The Balaban J connectivity index is 1.79. The first-order valence-electron chi connectivity index (χ1n) is 10.0. The van der Waals surface area contributed by atoms with Crippen molar-refractivity contribution in [1.82, 2.24) is 29.0 Å². The van der Waals surface area contributed by atoms with Crippen LogP contribution in [0.3, 0.4) is 0 Å². The van der Waals surface area contributed by atoms with Crippen LogP contribution in [-0.2, 0) is 31.4 Å². The van der Waals surface area contributed by atoms with Crippen molar-refractivity contribution >= 4 is 5.91 Å². The molecule has 0 unspecified atom stereocenters. The highest BCUT2D eigenvalue weighted by molar-refractivity contribution is 5.76. The zero-order chi connectivity index (χ0) is 19.4. The smallest absolute Gasteiger partial charge is 0.332 e. The van der Waals surface area contributed by atoms with Gasteiger partial charge in [-0.2, -0.15) is 10.2 Å². The first-order chi connectivity index (χ1) is 13.0. The summed E-state index contributed by atoms with van der Waals surface area (Å²) in [6.07, 6.45) is 7.66. The van der Waals surface area contributed by atoms with Gasteiger partial charge in [0.05, 0.1) is 11.7 Å². The third-order valence-corrected chi connectivity index (χ3v) is 5.25. The third-order valence-electron chi connectivity index (χ3n) is 5.25. The summed E-state index contributed by atoms with van der Waals surface area (Å²) in [7, 11) is 1.88. The van der Waals surface area contributed by atoms with Crippen molar-refractivity contribution in [3.63, 3.8) is 0 Å². The van der Waals surface area contributed by atoms with Gasteiger partial charge in [-0.25, -0.2) is 9.48 Å². The Bertz CT molecular complexity index is 834. The second kappa shape index (κ2) is 8.54. The van der Waals surface area contributed by atoms with Crippen LogP contribution in [0.25, 0.3) is 0 Å². The van der Waals surface area contributed by atoms with Gasteiger partial charge >= 0.3 is 5.69 Å². The number of hydrogen-bond acceptors (Lipinski definition) is 4. The number of carbonyl (C=O) groups excluding carboxylic acids is 1. The fraction of sp³-hybridized carbons (Fsp3) is 0.684. The summed E-state index contributed by atoms with van der Waals surface area (Å²) >= 11 is 0. The molecule has 0 aromatic carbocycles. The van der Waals surface area contributed by atoms with E-state index in [1.54, 1.807) is 9.25 Å². The van der Waals surface area contributed by atoms with Crippen molar-refractivity contribution in [2.24, 2.45) is 7.05 Å². The average Bonchev–Trinajstić information content (AvgIpc) is 3.23. The second-order valence-electron chi connectivity index (χ2n) is 7.22. The van der Waals surface area contributed by atoms with Crippen molar-refractivity contribution in [3.8, 4) is 0 Å². The van der Waals surface area contributed by atoms with Crippen LogP contribution in [0.5, 0.6) is 0 Å². The molecule has 8 nitrogen and oxygen atoms in total. The Morgan fingerprint density at radius 3 is 2.74 bits per heavy atom. The Morgan fingerprint density at radius 2 is 2.07 bits per heavy atom. The molecule has 1 amide bonds. The first kappa shape index (κ1) is 19.4. The monoisotopic (exact) mass is 374 g/mol. The molecule has 27 heavy (non-hydrogen) atoms. The zero-order valence-electron chi connectivity index (χ0n) is 16.6. The summed E-state index contributed by atoms with van der Waals surface area (Å²) in [5.74, 6) is 0.715. The predicted octanol–water partition coefficient (Wildman–Crippen LogP) is 1.89. The molecule has 0 aliphatic carbocycles. The van der Waals surface area contributed by atoms with E-state index in [0.29, 0.717) is 13.1 Å². The second-order valence-corrected chi connectivity index (χ2v) is 7.22. The lowest BCUT2D eigenvalue weighted by atomic mass is 9.99. The van der Waals surface area contributed by atoms with Crippen LogP contribution in [0.4, 0.5) is 0 Å². The molecular weight excluding hydrogens is 344 g/mol. The number of unbranched alkanes of at least 4 members (excludes halogenated alkanes) is 1. The predicted molar refractivity (Wildman–Crippen MR) is 102 cm³/mol. The van der Waals surface area contributed by atoms with Gasteiger partial charge in [0.25, 0.3) is 0 Å². The van der Waals surface area contributed by atoms with E-state index in [4.69, 9.17) is 0 Å². The molecule has 3 rings (SSSR count). The highest BCUT2D eigenvalue weighted by Crippen LogP contribution is 2.29. The van der Waals surface area contributed by atoms with Gasteiger partial charge < -0.3 is 4.90 Å². The maximum Gasteiger partial charge on any atom is 0.346 e. The van der Waals surface area contributed by atoms with Crippen LogP contribution in [0, 0.1) is 0 Å². The fourth-order valence-corrected chi connectivity index (χ4v) is 3.79. The molecule has 148 valence electrons. The van der Waals surface area contributed by atoms with Gasteiger partial charge in [0.15, 0.2) is 0 Å². The normalized spacial score (nSPS) is 17.4. The third kappa shape index (κ3) is 4.14. The molecule has 2 aromatic heterocycles. The lowest BCUT2D eigenvalue weighted by Crippen LogP contribution is -2.42. The van der Waals surface area contributed by atoms with E-state index in [2.05, 4.69) is 17.1 Å². The van der Waals surface area contributed by atoms with Crippen LogP contribution in [-0.4, -0.2) is 41.5 Å². The number of aryl methyl sites for hydroxylation is 2. The van der Waals surface area contributed by atoms with E-state index in [9.17, 15) is 9.59 Å². The number of hydrogen-bond donors (Lipinski definition) is 0. The molecule has 0 saturated carbocycles. The molecule has 1 atom stereocenters. The maximum absolute atomic E-state index is 13.0. The Labute approximate surface area is 159 Å². The van der Waals surface area contributed by atoms with Crippen molar-refractivity contribution in [3.05, 3.63) is 34.3 Å². The van der Waals surface area contributed by atoms with Crippen molar-refractivity contribution in [2.45, 2.75) is 71.5 Å². The maximum atomic E-state index is 13.0. The number of amides is 1. The van der Waals surface area contributed by atoms with E-state index >= 15 is 0 Å². The fourth-order valence-electron chi connectivity index (χ4n) is 3.79. The Kier molecular flexibility index (Phi) is 6.13. The zero-order valence-corrected chi connectivity index (χ0v) is 16.6. The van der Waals surface area contributed by atoms with Crippen LogP contribution >= 0.6 is 0 Å². The number of piperidine rings is 1. The molecule has 0 radical (unpaired) electrons. The summed E-state index contributed by atoms with van der Waals surface area (Å²) in [6, 6.07) is 1.95. The number of nitrogens with zero attached hydrogens (tertiary/aromatic N) is 6.